The Bertz CT molecular complexity index is 445. The Balaban J connectivity index is 1.71. The van der Waals surface area contributed by atoms with Crippen LogP contribution in [0.5, 0.6) is 0 Å². The van der Waals surface area contributed by atoms with E-state index in [2.05, 4.69) is 17.4 Å². The van der Waals surface area contributed by atoms with E-state index in [0.717, 1.165) is 37.9 Å². The Morgan fingerprint density at radius 1 is 1.10 bits per heavy atom. The van der Waals surface area contributed by atoms with E-state index in [4.69, 9.17) is 9.47 Å². The summed E-state index contributed by atoms with van der Waals surface area (Å²) in [5.41, 5.74) is 1.52. The number of ether oxygens (including phenoxy) is 2. The van der Waals surface area contributed by atoms with Crippen molar-refractivity contribution < 1.29 is 14.6 Å². The predicted molar refractivity (Wildman–Crippen MR) is 76.5 cm³/mol. The zero-order valence-corrected chi connectivity index (χ0v) is 12.0. The Morgan fingerprint density at radius 3 is 2.30 bits per heavy atom. The summed E-state index contributed by atoms with van der Waals surface area (Å²) < 4.78 is 11.3. The second-order valence-electron chi connectivity index (χ2n) is 5.99. The van der Waals surface area contributed by atoms with Crippen LogP contribution in [0.4, 0.5) is 0 Å². The highest BCUT2D eigenvalue weighted by Crippen LogP contribution is 2.31. The minimum absolute atomic E-state index is 0.493. The van der Waals surface area contributed by atoms with E-state index < -0.39 is 11.4 Å². The minimum atomic E-state index is -0.673. The standard InChI is InChI=1S/C16H23NO3/c1-15(19-10-11-20-15)12-13-2-4-14(5-3-13)16(18)6-8-17-9-7-16/h2-5,17-18H,6-12H2,1H3. The van der Waals surface area contributed by atoms with Crippen molar-refractivity contribution in [3.05, 3.63) is 35.4 Å². The van der Waals surface area contributed by atoms with Crippen molar-refractivity contribution in [3.63, 3.8) is 0 Å². The topological polar surface area (TPSA) is 50.7 Å². The van der Waals surface area contributed by atoms with Crippen molar-refractivity contribution in [1.29, 1.82) is 0 Å². The van der Waals surface area contributed by atoms with E-state index in [-0.39, 0.29) is 0 Å². The molecule has 20 heavy (non-hydrogen) atoms. The molecule has 2 fully saturated rings. The monoisotopic (exact) mass is 277 g/mol. The molecule has 0 atom stereocenters. The van der Waals surface area contributed by atoms with Crippen molar-refractivity contribution in [2.45, 2.75) is 37.6 Å². The summed E-state index contributed by atoms with van der Waals surface area (Å²) in [4.78, 5) is 0. The molecule has 0 aliphatic carbocycles. The molecule has 0 aromatic heterocycles. The average Bonchev–Trinajstić information content (AvgIpc) is 2.87. The lowest BCUT2D eigenvalue weighted by molar-refractivity contribution is -0.140. The number of aliphatic hydroxyl groups is 1. The quantitative estimate of drug-likeness (QED) is 0.880. The highest BCUT2D eigenvalue weighted by atomic mass is 16.7. The lowest BCUT2D eigenvalue weighted by Crippen LogP contribution is -2.39. The van der Waals surface area contributed by atoms with Crippen LogP contribution in [-0.2, 0) is 21.5 Å². The largest absolute Gasteiger partial charge is 0.385 e. The van der Waals surface area contributed by atoms with Crippen molar-refractivity contribution in [2.24, 2.45) is 0 Å². The molecule has 2 heterocycles. The number of piperidine rings is 1. The van der Waals surface area contributed by atoms with E-state index in [9.17, 15) is 5.11 Å². The van der Waals surface area contributed by atoms with Gasteiger partial charge in [0.15, 0.2) is 5.79 Å². The molecule has 1 aromatic rings. The van der Waals surface area contributed by atoms with Gasteiger partial charge >= 0.3 is 0 Å². The number of benzene rings is 1. The van der Waals surface area contributed by atoms with Crippen LogP contribution < -0.4 is 5.32 Å². The zero-order chi connectivity index (χ0) is 14.1. The first-order chi connectivity index (χ1) is 9.60. The second-order valence-corrected chi connectivity index (χ2v) is 5.99. The van der Waals surface area contributed by atoms with Crippen LogP contribution in [0.15, 0.2) is 24.3 Å². The molecule has 4 heteroatoms. The Kier molecular flexibility index (Phi) is 3.82. The number of hydrogen-bond acceptors (Lipinski definition) is 4. The minimum Gasteiger partial charge on any atom is -0.385 e. The SMILES string of the molecule is CC1(Cc2ccc(C3(O)CCNCC3)cc2)OCCO1. The van der Waals surface area contributed by atoms with Crippen LogP contribution in [0.1, 0.15) is 30.9 Å². The fourth-order valence-electron chi connectivity index (χ4n) is 3.09. The molecule has 2 N–H and O–H groups in total. The van der Waals surface area contributed by atoms with E-state index >= 15 is 0 Å². The summed E-state index contributed by atoms with van der Waals surface area (Å²) in [6.07, 6.45) is 2.29. The molecular formula is C16H23NO3. The zero-order valence-electron chi connectivity index (χ0n) is 12.0. The van der Waals surface area contributed by atoms with Gasteiger partial charge in [-0.05, 0) is 44.0 Å². The van der Waals surface area contributed by atoms with Gasteiger partial charge in [0, 0.05) is 6.42 Å². The van der Waals surface area contributed by atoms with Gasteiger partial charge in [0.25, 0.3) is 0 Å². The van der Waals surface area contributed by atoms with Crippen molar-refractivity contribution in [2.75, 3.05) is 26.3 Å². The molecule has 0 unspecified atom stereocenters. The van der Waals surface area contributed by atoms with E-state index in [1.54, 1.807) is 0 Å². The molecule has 0 saturated carbocycles. The van der Waals surface area contributed by atoms with Gasteiger partial charge in [0.1, 0.15) is 0 Å². The molecule has 2 aliphatic heterocycles. The molecule has 0 amide bonds. The van der Waals surface area contributed by atoms with Crippen LogP contribution in [-0.4, -0.2) is 37.2 Å². The molecule has 2 aliphatic rings. The van der Waals surface area contributed by atoms with Gasteiger partial charge in [0.05, 0.1) is 18.8 Å². The van der Waals surface area contributed by atoms with Crippen LogP contribution in [0.25, 0.3) is 0 Å². The fourth-order valence-corrected chi connectivity index (χ4v) is 3.09. The Morgan fingerprint density at radius 2 is 1.70 bits per heavy atom. The average molecular weight is 277 g/mol. The third-order valence-corrected chi connectivity index (χ3v) is 4.35. The lowest BCUT2D eigenvalue weighted by atomic mass is 9.84. The fraction of sp³-hybridized carbons (Fsp3) is 0.625. The molecule has 3 rings (SSSR count). The number of rotatable bonds is 3. The maximum absolute atomic E-state index is 10.7. The summed E-state index contributed by atoms with van der Waals surface area (Å²) >= 11 is 0. The van der Waals surface area contributed by atoms with E-state index in [0.29, 0.717) is 13.2 Å². The van der Waals surface area contributed by atoms with Gasteiger partial charge in [-0.25, -0.2) is 0 Å². The molecular weight excluding hydrogens is 254 g/mol. The molecule has 0 bridgehead atoms. The van der Waals surface area contributed by atoms with Crippen molar-refractivity contribution in [3.8, 4) is 0 Å². The van der Waals surface area contributed by atoms with Gasteiger partial charge in [-0.2, -0.15) is 0 Å². The van der Waals surface area contributed by atoms with Crippen LogP contribution >= 0.6 is 0 Å². The third kappa shape index (κ3) is 2.88. The highest BCUT2D eigenvalue weighted by molar-refractivity contribution is 5.28. The first-order valence-corrected chi connectivity index (χ1v) is 7.40. The van der Waals surface area contributed by atoms with Gasteiger partial charge in [-0.15, -0.1) is 0 Å². The predicted octanol–water partition coefficient (Wildman–Crippen LogP) is 1.56. The summed E-state index contributed by atoms with van der Waals surface area (Å²) in [6.45, 7) is 5.06. The highest BCUT2D eigenvalue weighted by Gasteiger charge is 2.33. The number of hydrogen-bond donors (Lipinski definition) is 2. The Hall–Kier alpha value is -0.940. The molecule has 110 valence electrons. The first-order valence-electron chi connectivity index (χ1n) is 7.40. The van der Waals surface area contributed by atoms with Crippen LogP contribution in [0.2, 0.25) is 0 Å². The summed E-state index contributed by atoms with van der Waals surface area (Å²) in [6, 6.07) is 8.23. The maximum atomic E-state index is 10.7. The van der Waals surface area contributed by atoms with Crippen LogP contribution in [0, 0.1) is 0 Å². The van der Waals surface area contributed by atoms with Gasteiger partial charge in [-0.1, -0.05) is 24.3 Å². The van der Waals surface area contributed by atoms with Gasteiger partial charge in [-0.3, -0.25) is 0 Å². The van der Waals surface area contributed by atoms with E-state index in [1.165, 1.54) is 5.56 Å². The van der Waals surface area contributed by atoms with Crippen molar-refractivity contribution >= 4 is 0 Å². The second kappa shape index (κ2) is 5.45. The smallest absolute Gasteiger partial charge is 0.169 e. The molecule has 2 saturated heterocycles. The lowest BCUT2D eigenvalue weighted by Gasteiger charge is -2.33. The van der Waals surface area contributed by atoms with Gasteiger partial charge in [0.2, 0.25) is 0 Å². The third-order valence-electron chi connectivity index (χ3n) is 4.35. The van der Waals surface area contributed by atoms with Crippen molar-refractivity contribution in [1.82, 2.24) is 5.32 Å². The van der Waals surface area contributed by atoms with Crippen LogP contribution in [0.3, 0.4) is 0 Å². The normalized spacial score (nSPS) is 24.7. The maximum Gasteiger partial charge on any atom is 0.169 e. The molecule has 1 aromatic carbocycles. The summed E-state index contributed by atoms with van der Waals surface area (Å²) in [5.74, 6) is -0.493. The molecule has 4 nitrogen and oxygen atoms in total. The molecule has 0 spiro atoms. The summed E-state index contributed by atoms with van der Waals surface area (Å²) in [7, 11) is 0. The van der Waals surface area contributed by atoms with Gasteiger partial charge < -0.3 is 19.9 Å². The summed E-state index contributed by atoms with van der Waals surface area (Å²) in [5, 5.41) is 14.0. The molecule has 0 radical (unpaired) electrons. The number of nitrogens with one attached hydrogen (secondary N) is 1. The van der Waals surface area contributed by atoms with E-state index in [1.807, 2.05) is 19.1 Å². The Labute approximate surface area is 120 Å². The first kappa shape index (κ1) is 14.0.